The molecule has 1 aromatic heterocycles. The summed E-state index contributed by atoms with van der Waals surface area (Å²) < 4.78 is 12.9. The zero-order valence-corrected chi connectivity index (χ0v) is 13.9. The van der Waals surface area contributed by atoms with E-state index in [1.165, 1.54) is 12.1 Å². The molecule has 2 aromatic rings. The predicted octanol–water partition coefficient (Wildman–Crippen LogP) is 1.35. The van der Waals surface area contributed by atoms with E-state index >= 15 is 0 Å². The highest BCUT2D eigenvalue weighted by Gasteiger charge is 2.22. The van der Waals surface area contributed by atoms with Gasteiger partial charge in [0, 0.05) is 32.7 Å². The molecule has 0 aliphatic carbocycles. The Morgan fingerprint density at radius 2 is 1.69 bits per heavy atom. The van der Waals surface area contributed by atoms with Crippen molar-refractivity contribution >= 4 is 17.9 Å². The Labute approximate surface area is 149 Å². The lowest BCUT2D eigenvalue weighted by molar-refractivity contribution is 0.0697. The van der Waals surface area contributed by atoms with Gasteiger partial charge >= 0.3 is 12.0 Å². The summed E-state index contributed by atoms with van der Waals surface area (Å²) in [7, 11) is 0. The summed E-state index contributed by atoms with van der Waals surface area (Å²) >= 11 is 0. The van der Waals surface area contributed by atoms with Crippen LogP contribution in [-0.4, -0.2) is 58.2 Å². The van der Waals surface area contributed by atoms with Gasteiger partial charge in [0.1, 0.15) is 0 Å². The van der Waals surface area contributed by atoms with Crippen molar-refractivity contribution in [1.29, 1.82) is 0 Å². The Kier molecular flexibility index (Phi) is 5.26. The van der Waals surface area contributed by atoms with Crippen molar-refractivity contribution in [1.82, 2.24) is 20.2 Å². The number of carboxylic acid groups (broad SMARTS) is 1. The second-order valence-corrected chi connectivity index (χ2v) is 5.84. The molecular formula is C17H18FN5O3. The maximum absolute atomic E-state index is 12.9. The number of hydrogen-bond acceptors (Lipinski definition) is 5. The summed E-state index contributed by atoms with van der Waals surface area (Å²) in [6.45, 7) is 2.45. The quantitative estimate of drug-likeness (QED) is 0.855. The van der Waals surface area contributed by atoms with E-state index in [1.54, 1.807) is 17.0 Å². The SMILES string of the molecule is O=C(O)c1ccc(CNC(=O)N2CCN(c3ncc(F)cn3)CC2)cc1. The number of halogens is 1. The Balaban J connectivity index is 1.47. The Morgan fingerprint density at radius 1 is 1.08 bits per heavy atom. The van der Waals surface area contributed by atoms with Gasteiger partial charge in [-0.1, -0.05) is 12.1 Å². The van der Waals surface area contributed by atoms with Crippen LogP contribution < -0.4 is 10.2 Å². The number of carboxylic acids is 1. The number of aromatic carboxylic acids is 1. The molecule has 8 nitrogen and oxygen atoms in total. The van der Waals surface area contributed by atoms with E-state index in [9.17, 15) is 14.0 Å². The number of benzene rings is 1. The molecule has 0 bridgehead atoms. The number of nitrogens with one attached hydrogen (secondary N) is 1. The molecule has 1 aliphatic rings. The number of carbonyl (C=O) groups excluding carboxylic acids is 1. The second kappa shape index (κ2) is 7.77. The van der Waals surface area contributed by atoms with Crippen LogP contribution in [0.25, 0.3) is 0 Å². The molecule has 26 heavy (non-hydrogen) atoms. The van der Waals surface area contributed by atoms with Gasteiger partial charge in [-0.2, -0.15) is 0 Å². The van der Waals surface area contributed by atoms with E-state index in [1.807, 2.05) is 4.90 Å². The van der Waals surface area contributed by atoms with Crippen molar-refractivity contribution in [2.45, 2.75) is 6.54 Å². The van der Waals surface area contributed by atoms with Gasteiger partial charge in [-0.3, -0.25) is 0 Å². The first-order valence-corrected chi connectivity index (χ1v) is 8.10. The average Bonchev–Trinajstić information content (AvgIpc) is 2.67. The fraction of sp³-hybridized carbons (Fsp3) is 0.294. The highest BCUT2D eigenvalue weighted by molar-refractivity contribution is 5.87. The van der Waals surface area contributed by atoms with Gasteiger partial charge in [-0.25, -0.2) is 23.9 Å². The van der Waals surface area contributed by atoms with Crippen LogP contribution in [0.2, 0.25) is 0 Å². The summed E-state index contributed by atoms with van der Waals surface area (Å²) in [4.78, 5) is 34.6. The fourth-order valence-electron chi connectivity index (χ4n) is 2.63. The number of piperazine rings is 1. The molecule has 2 heterocycles. The van der Waals surface area contributed by atoms with Gasteiger partial charge < -0.3 is 20.2 Å². The molecule has 0 radical (unpaired) electrons. The van der Waals surface area contributed by atoms with Gasteiger partial charge in [0.05, 0.1) is 18.0 Å². The molecule has 136 valence electrons. The van der Waals surface area contributed by atoms with E-state index in [0.29, 0.717) is 38.7 Å². The first-order valence-electron chi connectivity index (χ1n) is 8.10. The third-order valence-corrected chi connectivity index (χ3v) is 4.10. The van der Waals surface area contributed by atoms with Crippen molar-refractivity contribution in [3.05, 3.63) is 53.6 Å². The lowest BCUT2D eigenvalue weighted by atomic mass is 10.1. The molecule has 1 aliphatic heterocycles. The molecule has 0 saturated carbocycles. The summed E-state index contributed by atoms with van der Waals surface area (Å²) in [5.41, 5.74) is 1.03. The minimum absolute atomic E-state index is 0.188. The summed E-state index contributed by atoms with van der Waals surface area (Å²) in [6.07, 6.45) is 2.24. The summed E-state index contributed by atoms with van der Waals surface area (Å²) in [6, 6.07) is 6.17. The Morgan fingerprint density at radius 3 is 2.27 bits per heavy atom. The molecule has 3 rings (SSSR count). The van der Waals surface area contributed by atoms with E-state index in [2.05, 4.69) is 15.3 Å². The molecule has 1 fully saturated rings. The molecule has 0 atom stereocenters. The summed E-state index contributed by atoms with van der Waals surface area (Å²) in [5, 5.41) is 11.7. The highest BCUT2D eigenvalue weighted by Crippen LogP contribution is 2.11. The smallest absolute Gasteiger partial charge is 0.335 e. The van der Waals surface area contributed by atoms with Crippen LogP contribution >= 0.6 is 0 Å². The minimum Gasteiger partial charge on any atom is -0.478 e. The van der Waals surface area contributed by atoms with Crippen molar-refractivity contribution in [2.24, 2.45) is 0 Å². The van der Waals surface area contributed by atoms with Crippen LogP contribution in [0, 0.1) is 5.82 Å². The van der Waals surface area contributed by atoms with E-state index in [0.717, 1.165) is 18.0 Å². The Bertz CT molecular complexity index is 774. The van der Waals surface area contributed by atoms with Crippen molar-refractivity contribution < 1.29 is 19.1 Å². The maximum Gasteiger partial charge on any atom is 0.335 e. The highest BCUT2D eigenvalue weighted by atomic mass is 19.1. The van der Waals surface area contributed by atoms with Gasteiger partial charge in [-0.15, -0.1) is 0 Å². The molecule has 0 spiro atoms. The monoisotopic (exact) mass is 359 g/mol. The first kappa shape index (κ1) is 17.6. The van der Waals surface area contributed by atoms with Crippen molar-refractivity contribution in [3.63, 3.8) is 0 Å². The van der Waals surface area contributed by atoms with Crippen LogP contribution in [-0.2, 0) is 6.54 Å². The number of nitrogens with zero attached hydrogens (tertiary/aromatic N) is 4. The van der Waals surface area contributed by atoms with Crippen LogP contribution in [0.1, 0.15) is 15.9 Å². The average molecular weight is 359 g/mol. The number of aromatic nitrogens is 2. The predicted molar refractivity (Wildman–Crippen MR) is 91.4 cm³/mol. The molecule has 0 unspecified atom stereocenters. The van der Waals surface area contributed by atoms with Crippen LogP contribution in [0.5, 0.6) is 0 Å². The number of hydrogen-bond donors (Lipinski definition) is 2. The van der Waals surface area contributed by atoms with Crippen molar-refractivity contribution in [2.75, 3.05) is 31.1 Å². The minimum atomic E-state index is -0.983. The maximum atomic E-state index is 12.9. The standard InChI is InChI=1S/C17H18FN5O3/c18-14-10-19-16(20-11-14)22-5-7-23(8-6-22)17(26)21-9-12-1-3-13(4-2-12)15(24)25/h1-4,10-11H,5-9H2,(H,21,26)(H,24,25). The number of anilines is 1. The zero-order chi connectivity index (χ0) is 18.5. The second-order valence-electron chi connectivity index (χ2n) is 5.84. The van der Waals surface area contributed by atoms with Crippen LogP contribution in [0.3, 0.4) is 0 Å². The largest absolute Gasteiger partial charge is 0.478 e. The van der Waals surface area contributed by atoms with E-state index in [-0.39, 0.29) is 11.6 Å². The van der Waals surface area contributed by atoms with E-state index in [4.69, 9.17) is 5.11 Å². The van der Waals surface area contributed by atoms with Crippen molar-refractivity contribution in [3.8, 4) is 0 Å². The molecule has 9 heteroatoms. The number of amides is 2. The molecule has 1 aromatic carbocycles. The first-order chi connectivity index (χ1) is 12.5. The van der Waals surface area contributed by atoms with Gasteiger partial charge in [-0.05, 0) is 17.7 Å². The lowest BCUT2D eigenvalue weighted by Gasteiger charge is -2.34. The molecule has 2 N–H and O–H groups in total. The molecular weight excluding hydrogens is 341 g/mol. The normalized spacial score (nSPS) is 14.2. The lowest BCUT2D eigenvalue weighted by Crippen LogP contribution is -2.52. The fourth-order valence-corrected chi connectivity index (χ4v) is 2.63. The summed E-state index contributed by atoms with van der Waals surface area (Å²) in [5.74, 6) is -1.02. The Hall–Kier alpha value is -3.23. The molecule has 1 saturated heterocycles. The molecule has 2 amide bonds. The van der Waals surface area contributed by atoms with Gasteiger partial charge in [0.15, 0.2) is 5.82 Å². The van der Waals surface area contributed by atoms with Crippen LogP contribution in [0.4, 0.5) is 15.1 Å². The van der Waals surface area contributed by atoms with E-state index < -0.39 is 11.8 Å². The van der Waals surface area contributed by atoms with Gasteiger partial charge in [0.25, 0.3) is 0 Å². The topological polar surface area (TPSA) is 98.7 Å². The van der Waals surface area contributed by atoms with Gasteiger partial charge in [0.2, 0.25) is 5.95 Å². The number of urea groups is 1. The third-order valence-electron chi connectivity index (χ3n) is 4.10. The number of rotatable bonds is 4. The zero-order valence-electron chi connectivity index (χ0n) is 13.9. The van der Waals surface area contributed by atoms with Crippen LogP contribution in [0.15, 0.2) is 36.7 Å². The number of carbonyl (C=O) groups is 2. The third kappa shape index (κ3) is 4.24.